The van der Waals surface area contributed by atoms with Gasteiger partial charge < -0.3 is 14.0 Å². The highest BCUT2D eigenvalue weighted by molar-refractivity contribution is 9.10. The maximum atomic E-state index is 12.6. The van der Waals surface area contributed by atoms with Crippen molar-refractivity contribution >= 4 is 26.0 Å². The molecule has 3 rings (SSSR count). The van der Waals surface area contributed by atoms with Crippen molar-refractivity contribution in [2.75, 3.05) is 21.3 Å². The lowest BCUT2D eigenvalue weighted by Crippen LogP contribution is -2.27. The summed E-state index contributed by atoms with van der Waals surface area (Å²) >= 11 is 3.35. The van der Waals surface area contributed by atoms with Crippen molar-refractivity contribution < 1.29 is 22.4 Å². The molecule has 8 nitrogen and oxygen atoms in total. The van der Waals surface area contributed by atoms with Gasteiger partial charge in [-0.2, -0.15) is 9.29 Å². The van der Waals surface area contributed by atoms with Crippen LogP contribution in [0.1, 0.15) is 11.5 Å². The number of nitrogens with zero attached hydrogens (tertiary/aromatic N) is 3. The van der Waals surface area contributed by atoms with Crippen molar-refractivity contribution in [3.63, 3.8) is 0 Å². The van der Waals surface area contributed by atoms with Crippen molar-refractivity contribution in [1.29, 1.82) is 0 Å². The van der Waals surface area contributed by atoms with Gasteiger partial charge in [-0.1, -0.05) is 33.2 Å². The van der Waals surface area contributed by atoms with Crippen LogP contribution in [0.25, 0.3) is 11.4 Å². The minimum Gasteiger partial charge on any atom is -0.493 e. The Kier molecular flexibility index (Phi) is 6.56. The molecule has 0 aliphatic rings. The zero-order valence-electron chi connectivity index (χ0n) is 16.1. The van der Waals surface area contributed by atoms with E-state index >= 15 is 0 Å². The number of rotatable bonds is 8. The Labute approximate surface area is 177 Å². The highest BCUT2D eigenvalue weighted by Crippen LogP contribution is 2.31. The zero-order valence-corrected chi connectivity index (χ0v) is 18.5. The Bertz CT molecular complexity index is 1100. The van der Waals surface area contributed by atoms with Crippen LogP contribution >= 0.6 is 15.9 Å². The highest BCUT2D eigenvalue weighted by Gasteiger charge is 2.22. The Morgan fingerprint density at radius 1 is 1.10 bits per heavy atom. The molecular formula is C19H20BrN3O5S. The molecule has 0 N–H and O–H groups in total. The molecule has 0 unspecified atom stereocenters. The highest BCUT2D eigenvalue weighted by atomic mass is 79.9. The molecule has 154 valence electrons. The lowest BCUT2D eigenvalue weighted by Gasteiger charge is -2.15. The van der Waals surface area contributed by atoms with E-state index in [9.17, 15) is 8.42 Å². The van der Waals surface area contributed by atoms with Crippen molar-refractivity contribution in [2.24, 2.45) is 0 Å². The number of hydrogen-bond donors (Lipinski definition) is 0. The van der Waals surface area contributed by atoms with Gasteiger partial charge in [0.2, 0.25) is 21.7 Å². The SMILES string of the molecule is COc1ccc(-c2noc(CN(C)S(=O)(=O)Cc3cccc(Br)c3)n2)cc1OC. The first kappa shape index (κ1) is 21.3. The molecule has 0 aliphatic heterocycles. The van der Waals surface area contributed by atoms with Gasteiger partial charge in [0.15, 0.2) is 11.5 Å². The fourth-order valence-electron chi connectivity index (χ4n) is 2.65. The Morgan fingerprint density at radius 2 is 1.86 bits per heavy atom. The first-order valence-corrected chi connectivity index (χ1v) is 11.0. The molecule has 0 amide bonds. The standard InChI is InChI=1S/C19H20BrN3O5S/c1-23(29(24,25)12-13-5-4-6-15(20)9-13)11-18-21-19(22-28-18)14-7-8-16(26-2)17(10-14)27-3/h4-10H,11-12H2,1-3H3. The van der Waals surface area contributed by atoms with E-state index < -0.39 is 10.0 Å². The van der Waals surface area contributed by atoms with Crippen LogP contribution in [-0.2, 0) is 22.3 Å². The number of ether oxygens (including phenoxy) is 2. The van der Waals surface area contributed by atoms with Crippen molar-refractivity contribution in [2.45, 2.75) is 12.3 Å². The lowest BCUT2D eigenvalue weighted by atomic mass is 10.2. The molecule has 10 heteroatoms. The summed E-state index contributed by atoms with van der Waals surface area (Å²) in [4.78, 5) is 4.30. The van der Waals surface area contributed by atoms with Crippen molar-refractivity contribution in [3.8, 4) is 22.9 Å². The van der Waals surface area contributed by atoms with Crippen LogP contribution in [0.3, 0.4) is 0 Å². The summed E-state index contributed by atoms with van der Waals surface area (Å²) in [5, 5.41) is 3.94. The summed E-state index contributed by atoms with van der Waals surface area (Å²) < 4.78 is 43.0. The molecule has 0 fully saturated rings. The molecule has 0 radical (unpaired) electrons. The summed E-state index contributed by atoms with van der Waals surface area (Å²) in [6.07, 6.45) is 0. The first-order valence-electron chi connectivity index (χ1n) is 8.56. The van der Waals surface area contributed by atoms with E-state index in [0.717, 1.165) is 4.47 Å². The summed E-state index contributed by atoms with van der Waals surface area (Å²) in [5.41, 5.74) is 1.35. The molecule has 0 spiro atoms. The largest absolute Gasteiger partial charge is 0.493 e. The van der Waals surface area contributed by atoms with E-state index in [-0.39, 0.29) is 18.2 Å². The second kappa shape index (κ2) is 8.93. The molecule has 29 heavy (non-hydrogen) atoms. The maximum Gasteiger partial charge on any atom is 0.242 e. The van der Waals surface area contributed by atoms with Gasteiger partial charge in [0, 0.05) is 17.1 Å². The first-order chi connectivity index (χ1) is 13.8. The van der Waals surface area contributed by atoms with Crippen molar-refractivity contribution in [1.82, 2.24) is 14.4 Å². The fourth-order valence-corrected chi connectivity index (χ4v) is 4.22. The second-order valence-electron chi connectivity index (χ2n) is 6.22. The fraction of sp³-hybridized carbons (Fsp3) is 0.263. The Balaban J connectivity index is 1.74. The van der Waals surface area contributed by atoms with Crippen LogP contribution in [0.4, 0.5) is 0 Å². The Hall–Kier alpha value is -2.43. The van der Waals surface area contributed by atoms with Gasteiger partial charge >= 0.3 is 0 Å². The third-order valence-electron chi connectivity index (χ3n) is 4.18. The monoisotopic (exact) mass is 481 g/mol. The zero-order chi connectivity index (χ0) is 21.0. The average Bonchev–Trinajstić information content (AvgIpc) is 3.15. The minimum atomic E-state index is -3.56. The van der Waals surface area contributed by atoms with Gasteiger partial charge in [-0.3, -0.25) is 0 Å². The summed E-state index contributed by atoms with van der Waals surface area (Å²) in [5.74, 6) is 1.51. The third kappa shape index (κ3) is 5.14. The molecule has 0 atom stereocenters. The van der Waals surface area contributed by atoms with Gasteiger partial charge in [0.25, 0.3) is 0 Å². The minimum absolute atomic E-state index is 0.0311. The number of sulfonamides is 1. The van der Waals surface area contributed by atoms with Gasteiger partial charge in [-0.15, -0.1) is 0 Å². The maximum absolute atomic E-state index is 12.6. The molecular weight excluding hydrogens is 462 g/mol. The predicted molar refractivity (Wildman–Crippen MR) is 111 cm³/mol. The molecule has 1 heterocycles. The quantitative estimate of drug-likeness (QED) is 0.485. The molecule has 0 saturated carbocycles. The third-order valence-corrected chi connectivity index (χ3v) is 6.45. The van der Waals surface area contributed by atoms with Gasteiger partial charge in [0.1, 0.15) is 0 Å². The predicted octanol–water partition coefficient (Wildman–Crippen LogP) is 3.48. The lowest BCUT2D eigenvalue weighted by molar-refractivity contribution is 0.336. The van der Waals surface area contributed by atoms with Crippen LogP contribution in [0.2, 0.25) is 0 Å². The molecule has 0 bridgehead atoms. The Morgan fingerprint density at radius 3 is 2.55 bits per heavy atom. The number of benzene rings is 2. The summed E-state index contributed by atoms with van der Waals surface area (Å²) in [7, 11) is 1.01. The number of methoxy groups -OCH3 is 2. The van der Waals surface area contributed by atoms with E-state index in [0.29, 0.717) is 28.5 Å². The van der Waals surface area contributed by atoms with E-state index in [4.69, 9.17) is 14.0 Å². The molecule has 3 aromatic rings. The van der Waals surface area contributed by atoms with E-state index in [1.165, 1.54) is 18.5 Å². The van der Waals surface area contributed by atoms with E-state index in [1.54, 1.807) is 43.5 Å². The molecule has 0 aliphatic carbocycles. The number of aromatic nitrogens is 2. The molecule has 0 saturated heterocycles. The van der Waals surface area contributed by atoms with Crippen LogP contribution in [0.15, 0.2) is 51.5 Å². The van der Waals surface area contributed by atoms with Gasteiger partial charge in [-0.25, -0.2) is 8.42 Å². The van der Waals surface area contributed by atoms with Crippen LogP contribution in [0.5, 0.6) is 11.5 Å². The molecule has 1 aromatic heterocycles. The summed E-state index contributed by atoms with van der Waals surface area (Å²) in [6, 6.07) is 12.4. The van der Waals surface area contributed by atoms with Gasteiger partial charge in [0.05, 0.1) is 26.5 Å². The average molecular weight is 482 g/mol. The van der Waals surface area contributed by atoms with E-state index in [1.807, 2.05) is 6.07 Å². The van der Waals surface area contributed by atoms with Crippen LogP contribution in [-0.4, -0.2) is 44.1 Å². The number of halogens is 1. The van der Waals surface area contributed by atoms with Crippen LogP contribution in [0, 0.1) is 0 Å². The van der Waals surface area contributed by atoms with Crippen molar-refractivity contribution in [3.05, 3.63) is 58.4 Å². The topological polar surface area (TPSA) is 94.8 Å². The normalized spacial score (nSPS) is 11.6. The smallest absolute Gasteiger partial charge is 0.242 e. The van der Waals surface area contributed by atoms with Gasteiger partial charge in [-0.05, 0) is 35.9 Å². The van der Waals surface area contributed by atoms with Crippen LogP contribution < -0.4 is 9.47 Å². The summed E-state index contributed by atoms with van der Waals surface area (Å²) in [6.45, 7) is -0.0311. The molecule has 2 aromatic carbocycles. The van der Waals surface area contributed by atoms with E-state index in [2.05, 4.69) is 26.1 Å². The number of hydrogen-bond acceptors (Lipinski definition) is 7. The second-order valence-corrected chi connectivity index (χ2v) is 9.22.